The van der Waals surface area contributed by atoms with E-state index in [1.165, 1.54) is 31.4 Å². The quantitative estimate of drug-likeness (QED) is 0.855. The van der Waals surface area contributed by atoms with Crippen molar-refractivity contribution in [3.8, 4) is 0 Å². The monoisotopic (exact) mass is 239 g/mol. The van der Waals surface area contributed by atoms with E-state index in [1.54, 1.807) is 0 Å². The van der Waals surface area contributed by atoms with Gasteiger partial charge in [-0.3, -0.25) is 0 Å². The fourth-order valence-electron chi connectivity index (χ4n) is 3.77. The molecule has 1 nitrogen and oxygen atoms in total. The molecule has 1 aromatic rings. The van der Waals surface area contributed by atoms with Gasteiger partial charge in [-0.05, 0) is 54.8 Å². The zero-order chi connectivity index (χ0) is 11.4. The lowest BCUT2D eigenvalue weighted by atomic mass is 9.33. The van der Waals surface area contributed by atoms with E-state index in [4.69, 9.17) is 11.6 Å². The van der Waals surface area contributed by atoms with Gasteiger partial charge < -0.3 is 5.32 Å². The average Bonchev–Trinajstić information content (AvgIpc) is 2.10. The van der Waals surface area contributed by atoms with Crippen LogP contribution in [0, 0.1) is 11.2 Å². The third kappa shape index (κ3) is 1.26. The molecule has 3 aliphatic rings. The number of hydrogen-bond acceptors (Lipinski definition) is 1. The molecule has 3 aliphatic carbocycles. The van der Waals surface area contributed by atoms with Gasteiger partial charge in [-0.1, -0.05) is 17.7 Å². The summed E-state index contributed by atoms with van der Waals surface area (Å²) in [7, 11) is 2.00. The lowest BCUT2D eigenvalue weighted by molar-refractivity contribution is -0.136. The van der Waals surface area contributed by atoms with Crippen molar-refractivity contribution >= 4 is 11.6 Å². The molecular weight excluding hydrogens is 225 g/mol. The highest BCUT2D eigenvalue weighted by molar-refractivity contribution is 6.31. The number of rotatable bonds is 3. The van der Waals surface area contributed by atoms with Gasteiger partial charge in [0.15, 0.2) is 0 Å². The van der Waals surface area contributed by atoms with Crippen LogP contribution in [0.1, 0.15) is 24.8 Å². The van der Waals surface area contributed by atoms with E-state index in [2.05, 4.69) is 5.32 Å². The second-order valence-electron chi connectivity index (χ2n) is 5.47. The highest BCUT2D eigenvalue weighted by atomic mass is 35.5. The van der Waals surface area contributed by atoms with Crippen molar-refractivity contribution in [3.63, 3.8) is 0 Å². The predicted molar refractivity (Wildman–Crippen MR) is 63.3 cm³/mol. The minimum absolute atomic E-state index is 0.245. The maximum atomic E-state index is 13.0. The van der Waals surface area contributed by atoms with Gasteiger partial charge in [0.2, 0.25) is 0 Å². The molecule has 2 bridgehead atoms. The first kappa shape index (κ1) is 10.5. The van der Waals surface area contributed by atoms with Crippen molar-refractivity contribution in [3.05, 3.63) is 34.6 Å². The van der Waals surface area contributed by atoms with Crippen LogP contribution in [-0.2, 0) is 5.41 Å². The Morgan fingerprint density at radius 1 is 1.38 bits per heavy atom. The van der Waals surface area contributed by atoms with E-state index in [0.717, 1.165) is 12.1 Å². The summed E-state index contributed by atoms with van der Waals surface area (Å²) >= 11 is 6.12. The van der Waals surface area contributed by atoms with E-state index in [-0.39, 0.29) is 11.2 Å². The largest absolute Gasteiger partial charge is 0.319 e. The molecule has 0 spiro atoms. The Morgan fingerprint density at radius 3 is 2.62 bits per heavy atom. The Bertz CT molecular complexity index is 424. The standard InChI is InChI=1S/C13H15ClFN/c1-16-8-12-5-13(6-12,7-12)10-3-2-9(15)4-11(10)14/h2-4,16H,5-8H2,1H3. The van der Waals surface area contributed by atoms with E-state index in [1.807, 2.05) is 13.1 Å². The first-order valence-corrected chi connectivity index (χ1v) is 6.07. The smallest absolute Gasteiger partial charge is 0.124 e. The predicted octanol–water partition coefficient (Wildman–Crippen LogP) is 3.12. The highest BCUT2D eigenvalue weighted by Crippen LogP contribution is 2.73. The summed E-state index contributed by atoms with van der Waals surface area (Å²) in [6.07, 6.45) is 3.60. The Labute approximate surface area is 100.0 Å². The summed E-state index contributed by atoms with van der Waals surface area (Å²) in [6, 6.07) is 4.81. The summed E-state index contributed by atoms with van der Waals surface area (Å²) in [5.74, 6) is -0.245. The third-order valence-corrected chi connectivity index (χ3v) is 4.51. The maximum Gasteiger partial charge on any atom is 0.124 e. The number of nitrogens with one attached hydrogen (secondary N) is 1. The molecule has 0 atom stereocenters. The van der Waals surface area contributed by atoms with Crippen molar-refractivity contribution < 1.29 is 4.39 Å². The van der Waals surface area contributed by atoms with Crippen LogP contribution in [0.5, 0.6) is 0 Å². The molecule has 0 unspecified atom stereocenters. The van der Waals surface area contributed by atoms with Gasteiger partial charge in [0, 0.05) is 11.6 Å². The zero-order valence-electron chi connectivity index (χ0n) is 9.32. The fraction of sp³-hybridized carbons (Fsp3) is 0.538. The second kappa shape index (κ2) is 3.21. The zero-order valence-corrected chi connectivity index (χ0v) is 10.1. The summed E-state index contributed by atoms with van der Waals surface area (Å²) in [5.41, 5.74) is 1.92. The number of benzene rings is 1. The Kier molecular flexibility index (Phi) is 2.11. The summed E-state index contributed by atoms with van der Waals surface area (Å²) in [4.78, 5) is 0. The second-order valence-corrected chi connectivity index (χ2v) is 5.87. The normalized spacial score (nSPS) is 35.4. The topological polar surface area (TPSA) is 12.0 Å². The first-order valence-electron chi connectivity index (χ1n) is 5.69. The molecule has 3 fully saturated rings. The van der Waals surface area contributed by atoms with Gasteiger partial charge in [0.05, 0.1) is 0 Å². The maximum absolute atomic E-state index is 13.0. The van der Waals surface area contributed by atoms with Crippen molar-refractivity contribution in [1.29, 1.82) is 0 Å². The minimum atomic E-state index is -0.245. The van der Waals surface area contributed by atoms with E-state index < -0.39 is 0 Å². The van der Waals surface area contributed by atoms with Crippen LogP contribution in [0.25, 0.3) is 0 Å². The molecular formula is C13H15ClFN. The Balaban J connectivity index is 1.82. The highest BCUT2D eigenvalue weighted by Gasteiger charge is 2.67. The Hall–Kier alpha value is -0.600. The number of halogens is 2. The lowest BCUT2D eigenvalue weighted by Gasteiger charge is -2.71. The summed E-state index contributed by atoms with van der Waals surface area (Å²) in [5, 5.41) is 3.84. The third-order valence-electron chi connectivity index (χ3n) is 4.19. The first-order chi connectivity index (χ1) is 7.59. The van der Waals surface area contributed by atoms with Crippen LogP contribution in [0.3, 0.4) is 0 Å². The lowest BCUT2D eigenvalue weighted by Crippen LogP contribution is -2.67. The molecule has 0 saturated heterocycles. The molecule has 86 valence electrons. The Morgan fingerprint density at radius 2 is 2.06 bits per heavy atom. The van der Waals surface area contributed by atoms with Crippen LogP contribution in [-0.4, -0.2) is 13.6 Å². The van der Waals surface area contributed by atoms with Crippen molar-refractivity contribution in [2.45, 2.75) is 24.7 Å². The molecule has 0 heterocycles. The molecule has 0 amide bonds. The van der Waals surface area contributed by atoms with Gasteiger partial charge in [-0.25, -0.2) is 4.39 Å². The van der Waals surface area contributed by atoms with Gasteiger partial charge in [-0.15, -0.1) is 0 Å². The van der Waals surface area contributed by atoms with Crippen LogP contribution in [0.15, 0.2) is 18.2 Å². The molecule has 3 saturated carbocycles. The van der Waals surface area contributed by atoms with Crippen LogP contribution in [0.2, 0.25) is 5.02 Å². The minimum Gasteiger partial charge on any atom is -0.319 e. The van der Waals surface area contributed by atoms with Crippen LogP contribution < -0.4 is 5.32 Å². The van der Waals surface area contributed by atoms with Crippen LogP contribution >= 0.6 is 11.6 Å². The van der Waals surface area contributed by atoms with Gasteiger partial charge >= 0.3 is 0 Å². The van der Waals surface area contributed by atoms with Gasteiger partial charge in [-0.2, -0.15) is 0 Å². The van der Waals surface area contributed by atoms with Crippen LogP contribution in [0.4, 0.5) is 4.39 Å². The molecule has 1 aromatic carbocycles. The van der Waals surface area contributed by atoms with Crippen molar-refractivity contribution in [2.75, 3.05) is 13.6 Å². The molecule has 0 aliphatic heterocycles. The molecule has 4 rings (SSSR count). The van der Waals surface area contributed by atoms with Gasteiger partial charge in [0.1, 0.15) is 5.82 Å². The number of hydrogen-bond donors (Lipinski definition) is 1. The summed E-state index contributed by atoms with van der Waals surface area (Å²) in [6.45, 7) is 1.09. The molecule has 3 heteroatoms. The SMILES string of the molecule is CNCC12CC(c3ccc(F)cc3Cl)(C1)C2. The van der Waals surface area contributed by atoms with E-state index in [9.17, 15) is 4.39 Å². The molecule has 0 radical (unpaired) electrons. The molecule has 16 heavy (non-hydrogen) atoms. The van der Waals surface area contributed by atoms with Crippen molar-refractivity contribution in [1.82, 2.24) is 5.32 Å². The molecule has 0 aromatic heterocycles. The molecule has 1 N–H and O–H groups in total. The van der Waals surface area contributed by atoms with Gasteiger partial charge in [0.25, 0.3) is 0 Å². The average molecular weight is 240 g/mol. The summed E-state index contributed by atoms with van der Waals surface area (Å²) < 4.78 is 13.0. The van der Waals surface area contributed by atoms with E-state index in [0.29, 0.717) is 10.4 Å². The van der Waals surface area contributed by atoms with E-state index >= 15 is 0 Å². The fourth-order valence-corrected chi connectivity index (χ4v) is 4.13. The van der Waals surface area contributed by atoms with Crippen molar-refractivity contribution in [2.24, 2.45) is 5.41 Å².